The van der Waals surface area contributed by atoms with Crippen molar-refractivity contribution in [2.45, 2.75) is 38.1 Å². The first-order valence-electron chi connectivity index (χ1n) is 6.63. The topological polar surface area (TPSA) is 47.3 Å². The maximum Gasteiger partial charge on any atom is 0.165 e. The third-order valence-corrected chi connectivity index (χ3v) is 3.18. The van der Waals surface area contributed by atoms with Crippen LogP contribution in [0.25, 0.3) is 0 Å². The zero-order valence-electron chi connectivity index (χ0n) is 11.5. The number of ether oxygens (including phenoxy) is 1. The summed E-state index contributed by atoms with van der Waals surface area (Å²) in [6, 6.07) is 4.88. The van der Waals surface area contributed by atoms with E-state index in [1.54, 1.807) is 12.1 Å². The summed E-state index contributed by atoms with van der Waals surface area (Å²) in [6.45, 7) is 3.70. The van der Waals surface area contributed by atoms with E-state index >= 15 is 0 Å². The Balaban J connectivity index is 2.56. The molecule has 0 radical (unpaired) electrons. The van der Waals surface area contributed by atoms with Gasteiger partial charge in [-0.25, -0.2) is 4.39 Å². The number of rotatable bonds is 9. The van der Waals surface area contributed by atoms with Gasteiger partial charge in [-0.1, -0.05) is 25.0 Å². The summed E-state index contributed by atoms with van der Waals surface area (Å²) in [5.74, 6) is 5.47. The van der Waals surface area contributed by atoms with E-state index in [1.165, 1.54) is 13.2 Å². The number of unbranched alkanes of at least 4 members (excludes halogenated alkanes) is 3. The minimum atomic E-state index is -0.354. The van der Waals surface area contributed by atoms with Crippen molar-refractivity contribution in [2.75, 3.05) is 7.11 Å². The molecular weight excluding hydrogens is 243 g/mol. The number of methoxy groups -OCH3 is 1. The molecule has 0 bridgehead atoms. The second-order valence-corrected chi connectivity index (χ2v) is 4.54. The van der Waals surface area contributed by atoms with E-state index in [1.807, 2.05) is 6.08 Å². The van der Waals surface area contributed by atoms with Gasteiger partial charge in [-0.05, 0) is 37.0 Å². The number of nitrogens with two attached hydrogens (primary N) is 1. The van der Waals surface area contributed by atoms with E-state index in [9.17, 15) is 4.39 Å². The summed E-state index contributed by atoms with van der Waals surface area (Å²) in [5.41, 5.74) is 3.73. The number of nitrogens with one attached hydrogen (secondary N) is 1. The van der Waals surface area contributed by atoms with Crippen molar-refractivity contribution in [1.82, 2.24) is 5.43 Å². The predicted molar refractivity (Wildman–Crippen MR) is 76.3 cm³/mol. The van der Waals surface area contributed by atoms with E-state index < -0.39 is 0 Å². The average Bonchev–Trinajstić information content (AvgIpc) is 2.44. The molecule has 0 spiro atoms. The van der Waals surface area contributed by atoms with E-state index in [0.29, 0.717) is 0 Å². The maximum atomic E-state index is 13.3. The van der Waals surface area contributed by atoms with Crippen LogP contribution in [0, 0.1) is 5.82 Å². The van der Waals surface area contributed by atoms with E-state index in [2.05, 4.69) is 12.0 Å². The number of hydrogen-bond acceptors (Lipinski definition) is 3. The number of hydrogen-bond donors (Lipinski definition) is 2. The molecule has 1 aromatic rings. The molecule has 4 heteroatoms. The molecule has 0 heterocycles. The third-order valence-electron chi connectivity index (χ3n) is 3.18. The van der Waals surface area contributed by atoms with Gasteiger partial charge < -0.3 is 4.74 Å². The Labute approximate surface area is 114 Å². The van der Waals surface area contributed by atoms with Gasteiger partial charge in [-0.3, -0.25) is 11.3 Å². The minimum absolute atomic E-state index is 0.0261. The Bertz CT molecular complexity index is 396. The molecule has 19 heavy (non-hydrogen) atoms. The van der Waals surface area contributed by atoms with Crippen LogP contribution < -0.4 is 16.0 Å². The van der Waals surface area contributed by atoms with Crippen molar-refractivity contribution >= 4 is 0 Å². The van der Waals surface area contributed by atoms with Crippen LogP contribution in [0.3, 0.4) is 0 Å². The monoisotopic (exact) mass is 266 g/mol. The van der Waals surface area contributed by atoms with Crippen LogP contribution in [-0.2, 0) is 0 Å². The quantitative estimate of drug-likeness (QED) is 0.311. The lowest BCUT2D eigenvalue weighted by atomic mass is 10.00. The molecule has 1 atom stereocenters. The average molecular weight is 266 g/mol. The minimum Gasteiger partial charge on any atom is -0.494 e. The van der Waals surface area contributed by atoms with Gasteiger partial charge in [0.2, 0.25) is 0 Å². The van der Waals surface area contributed by atoms with Crippen molar-refractivity contribution in [3.63, 3.8) is 0 Å². The number of halogens is 1. The van der Waals surface area contributed by atoms with Gasteiger partial charge in [0, 0.05) is 6.04 Å². The summed E-state index contributed by atoms with van der Waals surface area (Å²) in [4.78, 5) is 0. The maximum absolute atomic E-state index is 13.3. The predicted octanol–water partition coefficient (Wildman–Crippen LogP) is 3.48. The number of allylic oxidation sites excluding steroid dienone is 1. The molecule has 1 unspecified atom stereocenters. The summed E-state index contributed by atoms with van der Waals surface area (Å²) >= 11 is 0. The lowest BCUT2D eigenvalue weighted by Gasteiger charge is -2.17. The zero-order valence-corrected chi connectivity index (χ0v) is 11.5. The Hall–Kier alpha value is -1.39. The molecule has 106 valence electrons. The van der Waals surface area contributed by atoms with E-state index in [4.69, 9.17) is 10.6 Å². The van der Waals surface area contributed by atoms with Gasteiger partial charge in [0.25, 0.3) is 0 Å². The zero-order chi connectivity index (χ0) is 14.1. The highest BCUT2D eigenvalue weighted by atomic mass is 19.1. The third kappa shape index (κ3) is 5.01. The van der Waals surface area contributed by atoms with Gasteiger partial charge in [0.05, 0.1) is 7.11 Å². The highest BCUT2D eigenvalue weighted by Crippen LogP contribution is 2.25. The van der Waals surface area contributed by atoms with Crippen molar-refractivity contribution in [1.29, 1.82) is 0 Å². The molecule has 0 amide bonds. The molecule has 0 aliphatic carbocycles. The molecule has 0 fully saturated rings. The van der Waals surface area contributed by atoms with Crippen LogP contribution in [-0.4, -0.2) is 7.11 Å². The normalized spacial score (nSPS) is 12.2. The molecule has 1 rings (SSSR count). The summed E-state index contributed by atoms with van der Waals surface area (Å²) in [5, 5.41) is 0. The standard InChI is InChI=1S/C15H23FN2O/c1-3-4-5-6-7-8-14(18-17)12-9-10-13(16)15(11-12)19-2/h3,9-11,14,18H,1,4-8,17H2,2H3. The Morgan fingerprint density at radius 2 is 2.21 bits per heavy atom. The number of hydrazine groups is 1. The molecule has 3 N–H and O–H groups in total. The molecule has 0 saturated carbocycles. The highest BCUT2D eigenvalue weighted by molar-refractivity contribution is 5.32. The molecule has 0 aromatic heterocycles. The van der Waals surface area contributed by atoms with Gasteiger partial charge >= 0.3 is 0 Å². The summed E-state index contributed by atoms with van der Waals surface area (Å²) < 4.78 is 18.3. The van der Waals surface area contributed by atoms with Crippen LogP contribution >= 0.6 is 0 Å². The van der Waals surface area contributed by atoms with Crippen molar-refractivity contribution in [2.24, 2.45) is 5.84 Å². The summed E-state index contributed by atoms with van der Waals surface area (Å²) in [6.07, 6.45) is 7.26. The first kappa shape index (κ1) is 15.7. The lowest BCUT2D eigenvalue weighted by Crippen LogP contribution is -2.28. The number of benzene rings is 1. The highest BCUT2D eigenvalue weighted by Gasteiger charge is 2.12. The fourth-order valence-corrected chi connectivity index (χ4v) is 2.05. The van der Waals surface area contributed by atoms with E-state index in [0.717, 1.165) is 37.7 Å². The largest absolute Gasteiger partial charge is 0.494 e. The van der Waals surface area contributed by atoms with Crippen molar-refractivity contribution in [3.8, 4) is 5.75 Å². The van der Waals surface area contributed by atoms with Gasteiger partial charge in [0.1, 0.15) is 0 Å². The smallest absolute Gasteiger partial charge is 0.165 e. The van der Waals surface area contributed by atoms with Crippen LogP contribution in [0.2, 0.25) is 0 Å². The molecule has 3 nitrogen and oxygen atoms in total. The first-order valence-corrected chi connectivity index (χ1v) is 6.63. The van der Waals surface area contributed by atoms with Crippen LogP contribution in [0.1, 0.15) is 43.7 Å². The molecule has 1 aromatic carbocycles. The van der Waals surface area contributed by atoms with Crippen LogP contribution in [0.15, 0.2) is 30.9 Å². The van der Waals surface area contributed by atoms with Gasteiger partial charge in [-0.15, -0.1) is 6.58 Å². The van der Waals surface area contributed by atoms with Crippen LogP contribution in [0.5, 0.6) is 5.75 Å². The SMILES string of the molecule is C=CCCCCCC(NN)c1ccc(F)c(OC)c1. The summed E-state index contributed by atoms with van der Waals surface area (Å²) in [7, 11) is 1.46. The molecular formula is C15H23FN2O. The Kier molecular flexibility index (Phi) is 7.15. The lowest BCUT2D eigenvalue weighted by molar-refractivity contribution is 0.384. The van der Waals surface area contributed by atoms with Crippen LogP contribution in [0.4, 0.5) is 4.39 Å². The second kappa shape index (κ2) is 8.67. The Morgan fingerprint density at radius 1 is 1.42 bits per heavy atom. The molecule has 0 aliphatic heterocycles. The fraction of sp³-hybridized carbons (Fsp3) is 0.467. The van der Waals surface area contributed by atoms with Crippen molar-refractivity contribution < 1.29 is 9.13 Å². The molecule has 0 saturated heterocycles. The first-order chi connectivity index (χ1) is 9.22. The molecule has 0 aliphatic rings. The Morgan fingerprint density at radius 3 is 2.84 bits per heavy atom. The fourth-order valence-electron chi connectivity index (χ4n) is 2.05. The van der Waals surface area contributed by atoms with Gasteiger partial charge in [-0.2, -0.15) is 0 Å². The van der Waals surface area contributed by atoms with Crippen molar-refractivity contribution in [3.05, 3.63) is 42.2 Å². The second-order valence-electron chi connectivity index (χ2n) is 4.54. The van der Waals surface area contributed by atoms with E-state index in [-0.39, 0.29) is 17.6 Å². The van der Waals surface area contributed by atoms with Gasteiger partial charge in [0.15, 0.2) is 11.6 Å².